The molecule has 1 aliphatic rings. The molecule has 0 aromatic rings. The van der Waals surface area contributed by atoms with Crippen LogP contribution in [0.3, 0.4) is 0 Å². The molecule has 0 spiro atoms. The predicted molar refractivity (Wildman–Crippen MR) is 45.5 cm³/mol. The van der Waals surface area contributed by atoms with Gasteiger partial charge in [0.15, 0.2) is 0 Å². The standard InChI is InChI=1S/C7H11N4O/c1-2-7(8-6-12)11-5-3-4-9-10-11/h3-5,7,10H,2H2,1H3,(H,8,12). The first-order valence-corrected chi connectivity index (χ1v) is 3.75. The van der Waals surface area contributed by atoms with Crippen molar-refractivity contribution < 1.29 is 4.79 Å². The van der Waals surface area contributed by atoms with Crippen LogP contribution in [0.2, 0.25) is 0 Å². The van der Waals surface area contributed by atoms with Crippen LogP contribution in [0.5, 0.6) is 0 Å². The van der Waals surface area contributed by atoms with E-state index in [-0.39, 0.29) is 6.17 Å². The van der Waals surface area contributed by atoms with Crippen molar-refractivity contribution in [2.75, 3.05) is 0 Å². The Kier molecular flexibility index (Phi) is 3.13. The summed E-state index contributed by atoms with van der Waals surface area (Å²) in [6.45, 7) is 1.96. The van der Waals surface area contributed by atoms with E-state index in [0.717, 1.165) is 6.42 Å². The fourth-order valence-electron chi connectivity index (χ4n) is 0.917. The molecule has 0 aromatic carbocycles. The van der Waals surface area contributed by atoms with Crippen LogP contribution in [-0.4, -0.2) is 23.8 Å². The molecule has 1 unspecified atom stereocenters. The molecule has 65 valence electrons. The van der Waals surface area contributed by atoms with E-state index in [1.54, 1.807) is 29.9 Å². The van der Waals surface area contributed by atoms with Crippen molar-refractivity contribution in [2.24, 2.45) is 5.10 Å². The van der Waals surface area contributed by atoms with Crippen LogP contribution in [0.4, 0.5) is 0 Å². The highest BCUT2D eigenvalue weighted by Gasteiger charge is 2.12. The zero-order valence-electron chi connectivity index (χ0n) is 6.82. The molecule has 5 nitrogen and oxygen atoms in total. The fraction of sp³-hybridized carbons (Fsp3) is 0.429. The average molecular weight is 167 g/mol. The van der Waals surface area contributed by atoms with Gasteiger partial charge in [-0.1, -0.05) is 6.92 Å². The molecule has 0 fully saturated rings. The van der Waals surface area contributed by atoms with Crippen LogP contribution in [-0.2, 0) is 4.79 Å². The lowest BCUT2D eigenvalue weighted by Gasteiger charge is -2.28. The van der Waals surface area contributed by atoms with Gasteiger partial charge in [0.05, 0.1) is 6.21 Å². The molecule has 2 N–H and O–H groups in total. The summed E-state index contributed by atoms with van der Waals surface area (Å²) in [5.74, 6) is 0. The molecule has 1 radical (unpaired) electrons. The first kappa shape index (κ1) is 8.58. The topological polar surface area (TPSA) is 56.7 Å². The molecule has 0 aliphatic carbocycles. The number of carbonyl (C=O) groups excluding carboxylic acids is 1. The number of hydrogen-bond donors (Lipinski definition) is 2. The van der Waals surface area contributed by atoms with E-state index in [0.29, 0.717) is 0 Å². The first-order valence-electron chi connectivity index (χ1n) is 3.75. The van der Waals surface area contributed by atoms with Crippen molar-refractivity contribution in [3.05, 3.63) is 12.3 Å². The van der Waals surface area contributed by atoms with Crippen LogP contribution in [0.25, 0.3) is 0 Å². The van der Waals surface area contributed by atoms with Gasteiger partial charge in [-0.3, -0.25) is 9.80 Å². The third-order valence-electron chi connectivity index (χ3n) is 1.53. The lowest BCUT2D eigenvalue weighted by atomic mass is 10.3. The Morgan fingerprint density at radius 1 is 1.83 bits per heavy atom. The van der Waals surface area contributed by atoms with Gasteiger partial charge in [0, 0.05) is 6.20 Å². The Balaban J connectivity index is 2.47. The molecule has 1 heterocycles. The summed E-state index contributed by atoms with van der Waals surface area (Å²) in [5, 5.41) is 8.04. The average Bonchev–Trinajstić information content (AvgIpc) is 2.15. The van der Waals surface area contributed by atoms with E-state index in [9.17, 15) is 4.79 Å². The van der Waals surface area contributed by atoms with Crippen LogP contribution < -0.4 is 10.9 Å². The van der Waals surface area contributed by atoms with Gasteiger partial charge in [-0.05, 0) is 12.5 Å². The molecule has 1 aliphatic heterocycles. The van der Waals surface area contributed by atoms with Crippen molar-refractivity contribution in [2.45, 2.75) is 19.5 Å². The van der Waals surface area contributed by atoms with Crippen LogP contribution in [0.1, 0.15) is 13.3 Å². The Labute approximate surface area is 71.1 Å². The number of hydrazine groups is 1. The Morgan fingerprint density at radius 2 is 2.67 bits per heavy atom. The molecule has 1 amide bonds. The van der Waals surface area contributed by atoms with E-state index in [1.807, 2.05) is 6.92 Å². The number of hydrazone groups is 1. The number of nitrogens with one attached hydrogen (secondary N) is 2. The van der Waals surface area contributed by atoms with Gasteiger partial charge in [0.1, 0.15) is 6.17 Å². The number of allylic oxidation sites excluding steroid dienone is 1. The van der Waals surface area contributed by atoms with Crippen molar-refractivity contribution in [3.63, 3.8) is 0 Å². The molecule has 0 bridgehead atoms. The molecular weight excluding hydrogens is 156 g/mol. The molecule has 1 atom stereocenters. The lowest BCUT2D eigenvalue weighted by molar-refractivity contribution is 0.177. The smallest absolute Gasteiger partial charge is 0.311 e. The van der Waals surface area contributed by atoms with E-state index < -0.39 is 0 Å². The molecule has 0 aromatic heterocycles. The van der Waals surface area contributed by atoms with E-state index in [2.05, 4.69) is 16.0 Å². The van der Waals surface area contributed by atoms with Gasteiger partial charge in [0.25, 0.3) is 0 Å². The SMILES string of the molecule is CCC(N[C]=O)N1C=CC=NN1. The number of hydrogen-bond acceptors (Lipinski definition) is 4. The first-order chi connectivity index (χ1) is 5.88. The van der Waals surface area contributed by atoms with Crippen LogP contribution in [0, 0.1) is 0 Å². The minimum atomic E-state index is -0.101. The summed E-state index contributed by atoms with van der Waals surface area (Å²) in [4.78, 5) is 10.1. The summed E-state index contributed by atoms with van der Waals surface area (Å²) in [5.41, 5.74) is 2.73. The summed E-state index contributed by atoms with van der Waals surface area (Å²) in [6.07, 6.45) is 7.54. The largest absolute Gasteiger partial charge is 0.326 e. The Bertz CT molecular complexity index is 202. The van der Waals surface area contributed by atoms with Crippen molar-refractivity contribution in [1.82, 2.24) is 15.9 Å². The summed E-state index contributed by atoms with van der Waals surface area (Å²) in [6, 6.07) is 0. The maximum Gasteiger partial charge on any atom is 0.311 e. The van der Waals surface area contributed by atoms with Gasteiger partial charge >= 0.3 is 6.41 Å². The second-order valence-corrected chi connectivity index (χ2v) is 2.30. The van der Waals surface area contributed by atoms with Crippen molar-refractivity contribution in [3.8, 4) is 0 Å². The maximum atomic E-state index is 10.1. The van der Waals surface area contributed by atoms with E-state index >= 15 is 0 Å². The Morgan fingerprint density at radius 3 is 3.17 bits per heavy atom. The van der Waals surface area contributed by atoms with E-state index in [1.165, 1.54) is 0 Å². The second kappa shape index (κ2) is 4.38. The normalized spacial score (nSPS) is 16.9. The highest BCUT2D eigenvalue weighted by Crippen LogP contribution is 1.99. The van der Waals surface area contributed by atoms with Gasteiger partial charge in [-0.2, -0.15) is 5.10 Å². The molecule has 0 saturated carbocycles. The lowest BCUT2D eigenvalue weighted by Crippen LogP contribution is -2.47. The summed E-state index contributed by atoms with van der Waals surface area (Å²) < 4.78 is 0. The zero-order valence-corrected chi connectivity index (χ0v) is 6.82. The number of nitrogens with zero attached hydrogens (tertiary/aromatic N) is 2. The van der Waals surface area contributed by atoms with Crippen molar-refractivity contribution >= 4 is 12.6 Å². The summed E-state index contributed by atoms with van der Waals surface area (Å²) >= 11 is 0. The van der Waals surface area contributed by atoms with Crippen LogP contribution in [0.15, 0.2) is 17.4 Å². The van der Waals surface area contributed by atoms with E-state index in [4.69, 9.17) is 0 Å². The van der Waals surface area contributed by atoms with Crippen LogP contribution >= 0.6 is 0 Å². The molecule has 5 heteroatoms. The number of rotatable bonds is 4. The molecule has 1 rings (SSSR count). The highest BCUT2D eigenvalue weighted by atomic mass is 16.1. The molecule has 12 heavy (non-hydrogen) atoms. The third kappa shape index (κ3) is 1.98. The monoisotopic (exact) mass is 167 g/mol. The summed E-state index contributed by atoms with van der Waals surface area (Å²) in [7, 11) is 0. The maximum absolute atomic E-state index is 10.1. The molecular formula is C7H11N4O. The number of amides is 1. The minimum absolute atomic E-state index is 0.101. The predicted octanol–water partition coefficient (Wildman–Crippen LogP) is -0.301. The van der Waals surface area contributed by atoms with Gasteiger partial charge in [-0.25, -0.2) is 5.53 Å². The highest BCUT2D eigenvalue weighted by molar-refractivity contribution is 5.71. The second-order valence-electron chi connectivity index (χ2n) is 2.30. The van der Waals surface area contributed by atoms with Gasteiger partial charge in [-0.15, -0.1) is 0 Å². The van der Waals surface area contributed by atoms with Gasteiger partial charge in [0.2, 0.25) is 0 Å². The zero-order chi connectivity index (χ0) is 8.81. The molecule has 0 saturated heterocycles. The quantitative estimate of drug-likeness (QED) is 0.565. The fourth-order valence-corrected chi connectivity index (χ4v) is 0.917. The third-order valence-corrected chi connectivity index (χ3v) is 1.53. The van der Waals surface area contributed by atoms with Crippen molar-refractivity contribution in [1.29, 1.82) is 0 Å². The minimum Gasteiger partial charge on any atom is -0.326 e. The van der Waals surface area contributed by atoms with Gasteiger partial charge < -0.3 is 5.32 Å². The Hall–Kier alpha value is -1.52.